The van der Waals surface area contributed by atoms with Crippen molar-refractivity contribution in [1.82, 2.24) is 4.98 Å². The molecule has 8 heteroatoms. The fourth-order valence-electron chi connectivity index (χ4n) is 1.74. The number of nitrogens with one attached hydrogen (secondary N) is 1. The van der Waals surface area contributed by atoms with Crippen molar-refractivity contribution in [2.75, 3.05) is 10.6 Å². The van der Waals surface area contributed by atoms with Crippen molar-refractivity contribution in [3.8, 4) is 0 Å². The molecule has 0 saturated carbocycles. The molecule has 0 amide bonds. The summed E-state index contributed by atoms with van der Waals surface area (Å²) in [6.45, 7) is 1.76. The number of hydrogen-bond acceptors (Lipinski definition) is 5. The maximum absolute atomic E-state index is 11.5. The Hall–Kier alpha value is -1.80. The Morgan fingerprint density at radius 3 is 2.45 bits per heavy atom. The quantitative estimate of drug-likeness (QED) is 0.332. The summed E-state index contributed by atoms with van der Waals surface area (Å²) < 4.78 is 0. The number of aryl methyl sites for hydroxylation is 1. The van der Waals surface area contributed by atoms with Gasteiger partial charge in [0.15, 0.2) is 5.78 Å². The zero-order chi connectivity index (χ0) is 15.4. The van der Waals surface area contributed by atoms with Crippen molar-refractivity contribution in [2.45, 2.75) is 6.92 Å². The molecule has 0 spiro atoms. The topological polar surface area (TPSA) is 85.1 Å². The number of rotatable bonds is 5. The molecule has 0 aliphatic rings. The molecule has 0 aliphatic heterocycles. The third-order valence-electron chi connectivity index (χ3n) is 2.80. The molecular formula is C14H13Br2N3O3. The van der Waals surface area contributed by atoms with Gasteiger partial charge in [0.2, 0.25) is 5.82 Å². The van der Waals surface area contributed by atoms with E-state index in [1.54, 1.807) is 37.3 Å². The van der Waals surface area contributed by atoms with Crippen LogP contribution in [-0.4, -0.2) is 21.0 Å². The molecule has 0 saturated heterocycles. The van der Waals surface area contributed by atoms with E-state index >= 15 is 0 Å². The summed E-state index contributed by atoms with van der Waals surface area (Å²) in [6, 6.07) is 9.68. The summed E-state index contributed by atoms with van der Waals surface area (Å²) in [5.41, 5.74) is 1.78. The van der Waals surface area contributed by atoms with Crippen molar-refractivity contribution >= 4 is 55.9 Å². The predicted octanol–water partition coefficient (Wildman–Crippen LogP) is 4.20. The summed E-state index contributed by atoms with van der Waals surface area (Å²) in [6.07, 6.45) is 0. The number of nitrogens with zero attached hydrogens (tertiary/aromatic N) is 2. The number of pyridine rings is 1. The Labute approximate surface area is 146 Å². The van der Waals surface area contributed by atoms with Gasteiger partial charge in [-0.2, -0.15) is 0 Å². The van der Waals surface area contributed by atoms with E-state index in [1.807, 2.05) is 0 Å². The van der Waals surface area contributed by atoms with Crippen LogP contribution in [0.1, 0.15) is 16.1 Å². The number of ketones is 1. The normalized spacial score (nSPS) is 9.73. The van der Waals surface area contributed by atoms with Crippen molar-refractivity contribution < 1.29 is 9.72 Å². The molecule has 1 heterocycles. The first-order valence-corrected chi connectivity index (χ1v) is 7.21. The van der Waals surface area contributed by atoms with E-state index in [2.05, 4.69) is 26.2 Å². The average molecular weight is 431 g/mol. The summed E-state index contributed by atoms with van der Waals surface area (Å²) in [7, 11) is 0. The van der Waals surface area contributed by atoms with Crippen LogP contribution >= 0.6 is 32.9 Å². The smallest absolute Gasteiger partial charge is 0.311 e. The number of carbonyl (C=O) groups is 1. The van der Waals surface area contributed by atoms with Crippen molar-refractivity contribution in [3.63, 3.8) is 0 Å². The van der Waals surface area contributed by atoms with Gasteiger partial charge in [-0.15, -0.1) is 17.0 Å². The highest BCUT2D eigenvalue weighted by atomic mass is 79.9. The number of carbonyl (C=O) groups excluding carboxylic acids is 1. The first-order valence-electron chi connectivity index (χ1n) is 6.09. The molecule has 0 bridgehead atoms. The molecule has 1 N–H and O–H groups in total. The maximum atomic E-state index is 11.5. The molecule has 0 atom stereocenters. The molecule has 2 aromatic rings. The van der Waals surface area contributed by atoms with Gasteiger partial charge in [-0.05, 0) is 37.3 Å². The van der Waals surface area contributed by atoms with Crippen LogP contribution in [0.3, 0.4) is 0 Å². The first kappa shape index (κ1) is 18.2. The highest BCUT2D eigenvalue weighted by Crippen LogP contribution is 2.25. The van der Waals surface area contributed by atoms with E-state index in [0.29, 0.717) is 16.9 Å². The fourth-order valence-corrected chi connectivity index (χ4v) is 2.07. The van der Waals surface area contributed by atoms with Crippen LogP contribution in [0.5, 0.6) is 0 Å². The number of alkyl halides is 1. The van der Waals surface area contributed by atoms with Gasteiger partial charge in [0.25, 0.3) is 0 Å². The Balaban J connectivity index is 0.00000242. The SMILES string of the molecule is Br.Cc1ccc([N+](=O)[O-])c(Nc2ccc(C(=O)CBr)cc2)n1. The minimum Gasteiger partial charge on any atom is -0.334 e. The van der Waals surface area contributed by atoms with Gasteiger partial charge in [-0.3, -0.25) is 14.9 Å². The highest BCUT2D eigenvalue weighted by Gasteiger charge is 2.15. The zero-order valence-corrected chi connectivity index (χ0v) is 14.9. The van der Waals surface area contributed by atoms with Gasteiger partial charge in [-0.25, -0.2) is 4.98 Å². The van der Waals surface area contributed by atoms with Gasteiger partial charge in [-0.1, -0.05) is 15.9 Å². The molecule has 2 rings (SSSR count). The van der Waals surface area contributed by atoms with Crippen LogP contribution in [0, 0.1) is 17.0 Å². The molecule has 0 fully saturated rings. The largest absolute Gasteiger partial charge is 0.334 e. The third kappa shape index (κ3) is 4.35. The van der Waals surface area contributed by atoms with Crippen LogP contribution in [0.25, 0.3) is 0 Å². The molecule has 116 valence electrons. The summed E-state index contributed by atoms with van der Waals surface area (Å²) >= 11 is 3.11. The lowest BCUT2D eigenvalue weighted by atomic mass is 10.1. The Bertz CT molecular complexity index is 690. The lowest BCUT2D eigenvalue weighted by Gasteiger charge is -2.07. The van der Waals surface area contributed by atoms with Crippen LogP contribution in [0.2, 0.25) is 0 Å². The molecule has 0 aliphatic carbocycles. The number of aromatic nitrogens is 1. The Morgan fingerprint density at radius 1 is 1.27 bits per heavy atom. The fraction of sp³-hybridized carbons (Fsp3) is 0.143. The van der Waals surface area contributed by atoms with Gasteiger partial charge in [0, 0.05) is 23.0 Å². The average Bonchev–Trinajstić information content (AvgIpc) is 2.47. The van der Waals surface area contributed by atoms with E-state index in [0.717, 1.165) is 0 Å². The van der Waals surface area contributed by atoms with Gasteiger partial charge in [0.05, 0.1) is 10.3 Å². The predicted molar refractivity (Wildman–Crippen MR) is 93.8 cm³/mol. The number of nitro groups is 1. The molecular weight excluding hydrogens is 418 g/mol. The second-order valence-corrected chi connectivity index (χ2v) is 4.90. The van der Waals surface area contributed by atoms with E-state index in [1.165, 1.54) is 6.07 Å². The molecule has 22 heavy (non-hydrogen) atoms. The van der Waals surface area contributed by atoms with Crippen LogP contribution < -0.4 is 5.32 Å². The number of Topliss-reactive ketones (excluding diaryl/α,β-unsaturated/α-hetero) is 1. The minimum atomic E-state index is -0.489. The lowest BCUT2D eigenvalue weighted by Crippen LogP contribution is -2.02. The van der Waals surface area contributed by atoms with Gasteiger partial charge in [0.1, 0.15) is 0 Å². The lowest BCUT2D eigenvalue weighted by molar-refractivity contribution is -0.384. The van der Waals surface area contributed by atoms with Gasteiger partial charge >= 0.3 is 5.69 Å². The number of hydrogen-bond donors (Lipinski definition) is 1. The summed E-state index contributed by atoms with van der Waals surface area (Å²) in [4.78, 5) is 26.1. The number of halogens is 2. The second kappa shape index (κ2) is 8.00. The zero-order valence-electron chi connectivity index (χ0n) is 11.6. The van der Waals surface area contributed by atoms with Crippen LogP contribution in [0.15, 0.2) is 36.4 Å². The molecule has 0 radical (unpaired) electrons. The molecule has 0 unspecified atom stereocenters. The van der Waals surface area contributed by atoms with Gasteiger partial charge < -0.3 is 5.32 Å². The summed E-state index contributed by atoms with van der Waals surface area (Å²) in [5.74, 6) is 0.153. The van der Waals surface area contributed by atoms with Crippen molar-refractivity contribution in [3.05, 3.63) is 57.8 Å². The van der Waals surface area contributed by atoms with E-state index in [-0.39, 0.29) is 39.6 Å². The monoisotopic (exact) mass is 429 g/mol. The minimum absolute atomic E-state index is 0. The standard InChI is InChI=1S/C14H12BrN3O3.BrH/c1-9-2-7-12(18(20)21)14(16-9)17-11-5-3-10(4-6-11)13(19)8-15;/h2-7H,8H2,1H3,(H,16,17);1H. The second-order valence-electron chi connectivity index (χ2n) is 4.34. The van der Waals surface area contributed by atoms with E-state index in [9.17, 15) is 14.9 Å². The third-order valence-corrected chi connectivity index (χ3v) is 3.31. The maximum Gasteiger partial charge on any atom is 0.311 e. The summed E-state index contributed by atoms with van der Waals surface area (Å²) in [5, 5.41) is 14.1. The Kier molecular flexibility index (Phi) is 6.63. The Morgan fingerprint density at radius 2 is 1.91 bits per heavy atom. The first-order chi connectivity index (χ1) is 10.0. The van der Waals surface area contributed by atoms with Crippen LogP contribution in [-0.2, 0) is 0 Å². The van der Waals surface area contributed by atoms with E-state index < -0.39 is 4.92 Å². The highest BCUT2D eigenvalue weighted by molar-refractivity contribution is 9.09. The van der Waals surface area contributed by atoms with Crippen molar-refractivity contribution in [1.29, 1.82) is 0 Å². The number of anilines is 2. The number of benzene rings is 1. The van der Waals surface area contributed by atoms with Crippen LogP contribution in [0.4, 0.5) is 17.2 Å². The van der Waals surface area contributed by atoms with Crippen molar-refractivity contribution in [2.24, 2.45) is 0 Å². The molecule has 6 nitrogen and oxygen atoms in total. The molecule has 1 aromatic heterocycles. The van der Waals surface area contributed by atoms with E-state index in [4.69, 9.17) is 0 Å². The molecule has 1 aromatic carbocycles.